The zero-order valence-corrected chi connectivity index (χ0v) is 20.0. The second-order valence-electron chi connectivity index (χ2n) is 9.40. The molecular formula is C28H33N3O3. The van der Waals surface area contributed by atoms with Gasteiger partial charge in [0, 0.05) is 32.5 Å². The van der Waals surface area contributed by atoms with Gasteiger partial charge in [0.05, 0.1) is 41.0 Å². The van der Waals surface area contributed by atoms with E-state index in [1.54, 1.807) is 6.20 Å². The summed E-state index contributed by atoms with van der Waals surface area (Å²) in [7, 11) is 0. The molecule has 2 aliphatic rings. The first-order valence-electron chi connectivity index (χ1n) is 12.3. The lowest BCUT2D eigenvalue weighted by atomic mass is 9.80. The Morgan fingerprint density at radius 3 is 2.44 bits per heavy atom. The first kappa shape index (κ1) is 22.8. The van der Waals surface area contributed by atoms with Crippen LogP contribution in [0.25, 0.3) is 5.69 Å². The van der Waals surface area contributed by atoms with Crippen LogP contribution in [0.5, 0.6) is 0 Å². The summed E-state index contributed by atoms with van der Waals surface area (Å²) < 4.78 is 14.7. The molecule has 2 atom stereocenters. The Bertz CT molecular complexity index is 1100. The highest BCUT2D eigenvalue weighted by Gasteiger charge is 2.45. The molecule has 2 aromatic carbocycles. The predicted molar refractivity (Wildman–Crippen MR) is 131 cm³/mol. The van der Waals surface area contributed by atoms with Crippen molar-refractivity contribution in [2.75, 3.05) is 19.7 Å². The molecule has 178 valence electrons. The number of para-hydroxylation sites is 1. The van der Waals surface area contributed by atoms with Crippen molar-refractivity contribution in [1.29, 1.82) is 0 Å². The minimum Gasteiger partial charge on any atom is -0.378 e. The van der Waals surface area contributed by atoms with E-state index in [4.69, 9.17) is 9.47 Å². The maximum absolute atomic E-state index is 13.4. The quantitative estimate of drug-likeness (QED) is 0.532. The van der Waals surface area contributed by atoms with Gasteiger partial charge in [0.15, 0.2) is 0 Å². The number of hydrogen-bond donors (Lipinski definition) is 0. The molecule has 6 heteroatoms. The van der Waals surface area contributed by atoms with Crippen LogP contribution in [0.2, 0.25) is 0 Å². The summed E-state index contributed by atoms with van der Waals surface area (Å²) in [6.07, 6.45) is 5.30. The second kappa shape index (κ2) is 9.72. The largest absolute Gasteiger partial charge is 0.378 e. The van der Waals surface area contributed by atoms with Gasteiger partial charge in [-0.3, -0.25) is 4.79 Å². The standard InChI is InChI=1S/C28H33N3O3/c1-3-33-24-18-26(22-10-6-4-7-11-22)34-28(19-24)14-16-30(17-15-28)27(32)25-20-29-31(21(25)2)23-12-8-5-9-13-23/h4-13,20,24,26H,3,14-19H2,1-2H3. The van der Waals surface area contributed by atoms with Gasteiger partial charge in [0.25, 0.3) is 5.91 Å². The third kappa shape index (κ3) is 4.52. The number of rotatable bonds is 5. The Hall–Kier alpha value is -2.96. The van der Waals surface area contributed by atoms with Crippen LogP contribution in [-0.4, -0.2) is 52.0 Å². The molecule has 2 aliphatic heterocycles. The van der Waals surface area contributed by atoms with E-state index < -0.39 is 0 Å². The molecule has 2 unspecified atom stereocenters. The normalized spacial score (nSPS) is 22.1. The number of hydrogen-bond acceptors (Lipinski definition) is 4. The maximum Gasteiger partial charge on any atom is 0.257 e. The molecule has 6 nitrogen and oxygen atoms in total. The molecule has 0 aliphatic carbocycles. The van der Waals surface area contributed by atoms with Gasteiger partial charge < -0.3 is 14.4 Å². The highest BCUT2D eigenvalue weighted by molar-refractivity contribution is 5.95. The van der Waals surface area contributed by atoms with E-state index >= 15 is 0 Å². The van der Waals surface area contributed by atoms with E-state index in [-0.39, 0.29) is 23.7 Å². The predicted octanol–water partition coefficient (Wildman–Crippen LogP) is 5.11. The van der Waals surface area contributed by atoms with Crippen LogP contribution in [0.15, 0.2) is 66.9 Å². The van der Waals surface area contributed by atoms with Gasteiger partial charge in [0.2, 0.25) is 0 Å². The first-order valence-corrected chi connectivity index (χ1v) is 12.3. The SMILES string of the molecule is CCOC1CC(c2ccccc2)OC2(CCN(C(=O)c3cnn(-c4ccccc4)c3C)CC2)C1. The number of benzene rings is 2. The fourth-order valence-corrected chi connectivity index (χ4v) is 5.43. The van der Waals surface area contributed by atoms with Crippen LogP contribution in [0.4, 0.5) is 0 Å². The van der Waals surface area contributed by atoms with Crippen LogP contribution in [0, 0.1) is 6.92 Å². The first-order chi connectivity index (χ1) is 16.6. The van der Waals surface area contributed by atoms with Crippen molar-refractivity contribution >= 4 is 5.91 Å². The van der Waals surface area contributed by atoms with Gasteiger partial charge in [-0.1, -0.05) is 48.5 Å². The number of carbonyl (C=O) groups excluding carboxylic acids is 1. The Morgan fingerprint density at radius 1 is 1.09 bits per heavy atom. The van der Waals surface area contributed by atoms with Crippen molar-refractivity contribution in [3.05, 3.63) is 83.7 Å². The molecule has 3 aromatic rings. The van der Waals surface area contributed by atoms with Gasteiger partial charge in [-0.2, -0.15) is 5.10 Å². The maximum atomic E-state index is 13.4. The van der Waals surface area contributed by atoms with Gasteiger partial charge in [-0.25, -0.2) is 4.68 Å². The zero-order chi connectivity index (χ0) is 23.5. The molecule has 0 N–H and O–H groups in total. The minimum absolute atomic E-state index is 0.0279. The van der Waals surface area contributed by atoms with Crippen molar-refractivity contribution in [3.8, 4) is 5.69 Å². The molecule has 0 radical (unpaired) electrons. The summed E-state index contributed by atoms with van der Waals surface area (Å²) >= 11 is 0. The summed E-state index contributed by atoms with van der Waals surface area (Å²) in [4.78, 5) is 15.4. The van der Waals surface area contributed by atoms with E-state index in [0.717, 1.165) is 37.1 Å². The molecular weight excluding hydrogens is 426 g/mol. The molecule has 3 heterocycles. The molecule has 1 spiro atoms. The van der Waals surface area contributed by atoms with Crippen LogP contribution < -0.4 is 0 Å². The van der Waals surface area contributed by atoms with E-state index in [1.807, 2.05) is 52.9 Å². The molecule has 1 amide bonds. The van der Waals surface area contributed by atoms with Crippen LogP contribution in [0.1, 0.15) is 60.3 Å². The summed E-state index contributed by atoms with van der Waals surface area (Å²) in [5.41, 5.74) is 3.44. The van der Waals surface area contributed by atoms with Gasteiger partial charge in [-0.05, 0) is 44.4 Å². The fourth-order valence-electron chi connectivity index (χ4n) is 5.43. The number of amides is 1. The van der Waals surface area contributed by atoms with Crippen LogP contribution >= 0.6 is 0 Å². The smallest absolute Gasteiger partial charge is 0.257 e. The van der Waals surface area contributed by atoms with E-state index in [0.29, 0.717) is 25.3 Å². The highest BCUT2D eigenvalue weighted by Crippen LogP contribution is 2.44. The number of likely N-dealkylation sites (tertiary alicyclic amines) is 1. The topological polar surface area (TPSA) is 56.6 Å². The zero-order valence-electron chi connectivity index (χ0n) is 20.0. The van der Waals surface area contributed by atoms with Gasteiger partial charge >= 0.3 is 0 Å². The average molecular weight is 460 g/mol. The summed E-state index contributed by atoms with van der Waals surface area (Å²) in [5.74, 6) is 0.0475. The molecule has 0 saturated carbocycles. The lowest BCUT2D eigenvalue weighted by Gasteiger charge is -2.48. The van der Waals surface area contributed by atoms with E-state index in [1.165, 1.54) is 5.56 Å². The number of carbonyl (C=O) groups is 1. The molecule has 5 rings (SSSR count). The van der Waals surface area contributed by atoms with Gasteiger partial charge in [0.1, 0.15) is 0 Å². The van der Waals surface area contributed by atoms with Crippen LogP contribution in [0.3, 0.4) is 0 Å². The lowest BCUT2D eigenvalue weighted by molar-refractivity contribution is -0.190. The summed E-state index contributed by atoms with van der Waals surface area (Å²) in [6.45, 7) is 6.07. The number of aromatic nitrogens is 2. The van der Waals surface area contributed by atoms with E-state index in [9.17, 15) is 4.79 Å². The summed E-state index contributed by atoms with van der Waals surface area (Å²) in [6, 6.07) is 20.4. The minimum atomic E-state index is -0.251. The highest BCUT2D eigenvalue weighted by atomic mass is 16.5. The van der Waals surface area contributed by atoms with Crippen molar-refractivity contribution < 1.29 is 14.3 Å². The molecule has 34 heavy (non-hydrogen) atoms. The van der Waals surface area contributed by atoms with Crippen molar-refractivity contribution in [3.63, 3.8) is 0 Å². The average Bonchev–Trinajstić information content (AvgIpc) is 3.26. The number of nitrogens with zero attached hydrogens (tertiary/aromatic N) is 3. The Balaban J connectivity index is 1.30. The molecule has 1 aromatic heterocycles. The van der Waals surface area contributed by atoms with Crippen molar-refractivity contribution in [2.45, 2.75) is 57.3 Å². The van der Waals surface area contributed by atoms with E-state index in [2.05, 4.69) is 36.3 Å². The fraction of sp³-hybridized carbons (Fsp3) is 0.429. The monoisotopic (exact) mass is 459 g/mol. The number of piperidine rings is 1. The third-order valence-electron chi connectivity index (χ3n) is 7.25. The lowest BCUT2D eigenvalue weighted by Crippen LogP contribution is -2.52. The molecule has 0 bridgehead atoms. The second-order valence-corrected chi connectivity index (χ2v) is 9.40. The summed E-state index contributed by atoms with van der Waals surface area (Å²) in [5, 5.41) is 4.49. The van der Waals surface area contributed by atoms with Crippen molar-refractivity contribution in [2.24, 2.45) is 0 Å². The van der Waals surface area contributed by atoms with Crippen LogP contribution in [-0.2, 0) is 9.47 Å². The number of ether oxygens (including phenoxy) is 2. The van der Waals surface area contributed by atoms with Gasteiger partial charge in [-0.15, -0.1) is 0 Å². The Labute approximate surface area is 201 Å². The third-order valence-corrected chi connectivity index (χ3v) is 7.25. The Kier molecular flexibility index (Phi) is 6.53. The Morgan fingerprint density at radius 2 is 1.76 bits per heavy atom. The van der Waals surface area contributed by atoms with Crippen molar-refractivity contribution in [1.82, 2.24) is 14.7 Å². The molecule has 2 saturated heterocycles. The molecule has 2 fully saturated rings.